The number of carbonyl (C=O) groups is 2. The Kier molecular flexibility index (Phi) is 4.77. The van der Waals surface area contributed by atoms with Crippen LogP contribution in [-0.4, -0.2) is 23.9 Å². The van der Waals surface area contributed by atoms with Gasteiger partial charge in [0, 0.05) is 6.42 Å². The van der Waals surface area contributed by atoms with Gasteiger partial charge in [-0.1, -0.05) is 13.8 Å². The van der Waals surface area contributed by atoms with E-state index >= 15 is 0 Å². The van der Waals surface area contributed by atoms with E-state index in [1.54, 1.807) is 13.8 Å². The largest absolute Gasteiger partial charge is 0.461 e. The van der Waals surface area contributed by atoms with Crippen molar-refractivity contribution in [1.29, 1.82) is 0 Å². The van der Waals surface area contributed by atoms with Crippen molar-refractivity contribution >= 4 is 12.3 Å². The third-order valence-corrected chi connectivity index (χ3v) is 2.06. The van der Waals surface area contributed by atoms with Crippen LogP contribution in [0.25, 0.3) is 0 Å². The van der Waals surface area contributed by atoms with Crippen molar-refractivity contribution in [3.8, 4) is 0 Å². The summed E-state index contributed by atoms with van der Waals surface area (Å²) in [7, 11) is 0. The van der Waals surface area contributed by atoms with Crippen molar-refractivity contribution in [3.05, 3.63) is 0 Å². The number of rotatable bonds is 6. The van der Waals surface area contributed by atoms with Crippen LogP contribution in [0.15, 0.2) is 0 Å². The van der Waals surface area contributed by atoms with Crippen molar-refractivity contribution in [2.45, 2.75) is 45.8 Å². The molecule has 1 atom stereocenters. The molecule has 0 aromatic rings. The quantitative estimate of drug-likeness (QED) is 0.648. The molecule has 0 amide bonds. The van der Waals surface area contributed by atoms with Gasteiger partial charge in [-0.2, -0.15) is 0 Å². The van der Waals surface area contributed by atoms with Gasteiger partial charge in [-0.15, -0.1) is 0 Å². The molecule has 0 aromatic heterocycles. The summed E-state index contributed by atoms with van der Waals surface area (Å²) >= 11 is 0. The number of carbonyl (C=O) groups excluding carboxylic acids is 2. The second-order valence-corrected chi connectivity index (χ2v) is 4.39. The number of ketones is 1. The zero-order valence-corrected chi connectivity index (χ0v) is 9.24. The van der Waals surface area contributed by atoms with E-state index in [4.69, 9.17) is 10.5 Å². The molecular formula is C10H19NO3. The molecule has 0 bridgehead atoms. The molecule has 0 aliphatic carbocycles. The van der Waals surface area contributed by atoms with Crippen LogP contribution in [0.1, 0.15) is 34.1 Å². The fourth-order valence-corrected chi connectivity index (χ4v) is 1.08. The SMILES string of the molecule is CC(C)[C@H](N)C(=O)CC(C)(C)OC=O. The number of Topliss-reactive ketones (excluding diaryl/α,β-unsaturated/α-hetero) is 1. The Bertz CT molecular complexity index is 211. The molecule has 0 aliphatic rings. The minimum absolute atomic E-state index is 0.0770. The molecule has 0 unspecified atom stereocenters. The van der Waals surface area contributed by atoms with Crippen molar-refractivity contribution < 1.29 is 14.3 Å². The van der Waals surface area contributed by atoms with E-state index in [9.17, 15) is 9.59 Å². The van der Waals surface area contributed by atoms with Crippen LogP contribution in [0.2, 0.25) is 0 Å². The summed E-state index contributed by atoms with van der Waals surface area (Å²) in [4.78, 5) is 21.7. The lowest BCUT2D eigenvalue weighted by Gasteiger charge is -2.24. The van der Waals surface area contributed by atoms with Gasteiger partial charge in [-0.05, 0) is 19.8 Å². The zero-order chi connectivity index (χ0) is 11.4. The van der Waals surface area contributed by atoms with Crippen LogP contribution in [-0.2, 0) is 14.3 Å². The van der Waals surface area contributed by atoms with Crippen molar-refractivity contribution in [3.63, 3.8) is 0 Å². The standard InChI is InChI=1S/C10H19NO3/c1-7(2)9(11)8(13)5-10(3,4)14-6-12/h6-7,9H,5,11H2,1-4H3/t9-/m0/s1. The van der Waals surface area contributed by atoms with E-state index in [-0.39, 0.29) is 18.1 Å². The molecule has 4 heteroatoms. The summed E-state index contributed by atoms with van der Waals surface area (Å²) in [5.41, 5.74) is 4.91. The Morgan fingerprint density at radius 3 is 2.36 bits per heavy atom. The van der Waals surface area contributed by atoms with E-state index in [2.05, 4.69) is 0 Å². The smallest absolute Gasteiger partial charge is 0.293 e. The fourth-order valence-electron chi connectivity index (χ4n) is 1.08. The Balaban J connectivity index is 4.24. The van der Waals surface area contributed by atoms with Crippen molar-refractivity contribution in [1.82, 2.24) is 0 Å². The Morgan fingerprint density at radius 2 is 2.00 bits per heavy atom. The van der Waals surface area contributed by atoms with E-state index in [1.807, 2.05) is 13.8 Å². The number of nitrogens with two attached hydrogens (primary N) is 1. The van der Waals surface area contributed by atoms with Crippen molar-refractivity contribution in [2.24, 2.45) is 11.7 Å². The second kappa shape index (κ2) is 5.10. The number of ether oxygens (including phenoxy) is 1. The minimum atomic E-state index is -0.759. The molecule has 0 radical (unpaired) electrons. The topological polar surface area (TPSA) is 69.4 Å². The normalized spacial score (nSPS) is 13.9. The van der Waals surface area contributed by atoms with Gasteiger partial charge in [0.15, 0.2) is 5.78 Å². The van der Waals surface area contributed by atoms with Crippen LogP contribution in [0.3, 0.4) is 0 Å². The first-order chi connectivity index (χ1) is 6.30. The monoisotopic (exact) mass is 201 g/mol. The maximum Gasteiger partial charge on any atom is 0.293 e. The predicted molar refractivity (Wildman–Crippen MR) is 53.7 cm³/mol. The molecule has 0 spiro atoms. The summed E-state index contributed by atoms with van der Waals surface area (Å²) < 4.78 is 4.77. The molecule has 0 aliphatic heterocycles. The molecule has 14 heavy (non-hydrogen) atoms. The molecule has 0 saturated carbocycles. The second-order valence-electron chi connectivity index (χ2n) is 4.39. The van der Waals surface area contributed by atoms with E-state index in [0.29, 0.717) is 6.47 Å². The van der Waals surface area contributed by atoms with Gasteiger partial charge in [0.2, 0.25) is 0 Å². The first-order valence-electron chi connectivity index (χ1n) is 4.70. The van der Waals surface area contributed by atoms with Crippen LogP contribution in [0.5, 0.6) is 0 Å². The first kappa shape index (κ1) is 13.1. The van der Waals surface area contributed by atoms with Gasteiger partial charge in [-0.3, -0.25) is 9.59 Å². The molecule has 2 N–H and O–H groups in total. The van der Waals surface area contributed by atoms with E-state index < -0.39 is 11.6 Å². The highest BCUT2D eigenvalue weighted by molar-refractivity contribution is 5.84. The van der Waals surface area contributed by atoms with Gasteiger partial charge in [-0.25, -0.2) is 0 Å². The molecule has 4 nitrogen and oxygen atoms in total. The molecule has 0 saturated heterocycles. The molecule has 0 rings (SSSR count). The van der Waals surface area contributed by atoms with E-state index in [0.717, 1.165) is 0 Å². The summed E-state index contributed by atoms with van der Waals surface area (Å²) in [5, 5.41) is 0. The fraction of sp³-hybridized carbons (Fsp3) is 0.800. The molecule has 0 aromatic carbocycles. The lowest BCUT2D eigenvalue weighted by molar-refractivity contribution is -0.143. The lowest BCUT2D eigenvalue weighted by atomic mass is 9.92. The zero-order valence-electron chi connectivity index (χ0n) is 9.24. The summed E-state index contributed by atoms with van der Waals surface area (Å²) in [5.74, 6) is 0.0291. The molecular weight excluding hydrogens is 182 g/mol. The minimum Gasteiger partial charge on any atom is -0.461 e. The maximum absolute atomic E-state index is 11.6. The van der Waals surface area contributed by atoms with E-state index in [1.165, 1.54) is 0 Å². The molecule has 0 fully saturated rings. The highest BCUT2D eigenvalue weighted by Gasteiger charge is 2.27. The number of hydrogen-bond donors (Lipinski definition) is 1. The summed E-state index contributed by atoms with van der Waals surface area (Å²) in [6.45, 7) is 7.50. The maximum atomic E-state index is 11.6. The highest BCUT2D eigenvalue weighted by Crippen LogP contribution is 2.16. The third-order valence-electron chi connectivity index (χ3n) is 2.06. The van der Waals surface area contributed by atoms with Crippen LogP contribution >= 0.6 is 0 Å². The Hall–Kier alpha value is -0.900. The van der Waals surface area contributed by atoms with Crippen LogP contribution in [0, 0.1) is 5.92 Å². The van der Waals surface area contributed by atoms with Gasteiger partial charge >= 0.3 is 0 Å². The highest BCUT2D eigenvalue weighted by atomic mass is 16.5. The predicted octanol–water partition coefficient (Wildman–Crippen LogP) is 0.880. The Morgan fingerprint density at radius 1 is 1.50 bits per heavy atom. The van der Waals surface area contributed by atoms with Crippen molar-refractivity contribution in [2.75, 3.05) is 0 Å². The van der Waals surface area contributed by atoms with Gasteiger partial charge in [0.05, 0.1) is 6.04 Å². The summed E-state index contributed by atoms with van der Waals surface area (Å²) in [6.07, 6.45) is 0.158. The average molecular weight is 201 g/mol. The third kappa shape index (κ3) is 4.37. The summed E-state index contributed by atoms with van der Waals surface area (Å²) in [6, 6.07) is -0.482. The first-order valence-corrected chi connectivity index (χ1v) is 4.70. The Labute approximate surface area is 84.8 Å². The average Bonchev–Trinajstić information content (AvgIpc) is 2.01. The van der Waals surface area contributed by atoms with Gasteiger partial charge in [0.25, 0.3) is 6.47 Å². The van der Waals surface area contributed by atoms with Gasteiger partial charge < -0.3 is 10.5 Å². The van der Waals surface area contributed by atoms with Crippen LogP contribution in [0.4, 0.5) is 0 Å². The lowest BCUT2D eigenvalue weighted by Crippen LogP contribution is -2.40. The van der Waals surface area contributed by atoms with Crippen LogP contribution < -0.4 is 5.73 Å². The number of hydrogen-bond acceptors (Lipinski definition) is 4. The van der Waals surface area contributed by atoms with Gasteiger partial charge in [0.1, 0.15) is 5.60 Å². The molecule has 82 valence electrons. The molecule has 0 heterocycles.